The third-order valence-corrected chi connectivity index (χ3v) is 5.53. The molecular weight excluding hydrogens is 390 g/mol. The van der Waals surface area contributed by atoms with E-state index in [1.807, 2.05) is 36.6 Å². The standard InChI is InChI=1S/C22H14ClN3OS/c1-13-2-8-16(9-3-13)17-12-28-22-19(17)21(27)25-20(26-22)18(23)10-14-4-6-15(11-24)7-5-14/h2-10,12H,1H3,(H,25,26,27)/b18-10-. The first-order chi connectivity index (χ1) is 13.5. The lowest BCUT2D eigenvalue weighted by Gasteiger charge is -2.03. The highest BCUT2D eigenvalue weighted by molar-refractivity contribution is 7.17. The number of nitrogens with zero attached hydrogens (tertiary/aromatic N) is 2. The molecule has 0 aliphatic rings. The Morgan fingerprint density at radius 3 is 2.57 bits per heavy atom. The van der Waals surface area contributed by atoms with E-state index in [2.05, 4.69) is 16.0 Å². The van der Waals surface area contributed by atoms with Crippen molar-refractivity contribution in [1.82, 2.24) is 9.97 Å². The van der Waals surface area contributed by atoms with Gasteiger partial charge in [-0.25, -0.2) is 4.98 Å². The number of aromatic nitrogens is 2. The summed E-state index contributed by atoms with van der Waals surface area (Å²) < 4.78 is 0. The number of H-pyrrole nitrogens is 1. The minimum Gasteiger partial charge on any atom is -0.305 e. The summed E-state index contributed by atoms with van der Waals surface area (Å²) in [5, 5.41) is 11.7. The molecule has 136 valence electrons. The lowest BCUT2D eigenvalue weighted by atomic mass is 10.1. The van der Waals surface area contributed by atoms with Gasteiger partial charge in [0, 0.05) is 10.9 Å². The minimum absolute atomic E-state index is 0.219. The summed E-state index contributed by atoms with van der Waals surface area (Å²) in [4.78, 5) is 20.7. The lowest BCUT2D eigenvalue weighted by Crippen LogP contribution is -2.10. The van der Waals surface area contributed by atoms with Crippen LogP contribution < -0.4 is 5.56 Å². The van der Waals surface area contributed by atoms with Crippen LogP contribution in [-0.4, -0.2) is 9.97 Å². The van der Waals surface area contributed by atoms with Crippen LogP contribution in [0.15, 0.2) is 58.7 Å². The Kier molecular flexibility index (Phi) is 4.82. The summed E-state index contributed by atoms with van der Waals surface area (Å²) in [5.74, 6) is 0.320. The molecule has 0 saturated carbocycles. The zero-order chi connectivity index (χ0) is 19.7. The quantitative estimate of drug-likeness (QED) is 0.486. The zero-order valence-corrected chi connectivity index (χ0v) is 16.4. The monoisotopic (exact) mass is 403 g/mol. The van der Waals surface area contributed by atoms with Gasteiger partial charge in [0.05, 0.1) is 22.1 Å². The Hall–Kier alpha value is -3.20. The van der Waals surface area contributed by atoms with Crippen LogP contribution in [0.1, 0.15) is 22.5 Å². The molecule has 0 radical (unpaired) electrons. The highest BCUT2D eigenvalue weighted by Gasteiger charge is 2.14. The number of nitriles is 1. The molecule has 2 aromatic heterocycles. The molecule has 0 fully saturated rings. The van der Waals surface area contributed by atoms with E-state index in [0.717, 1.165) is 22.3 Å². The van der Waals surface area contributed by atoms with Gasteiger partial charge in [-0.15, -0.1) is 11.3 Å². The van der Waals surface area contributed by atoms with E-state index >= 15 is 0 Å². The average Bonchev–Trinajstić information content (AvgIpc) is 3.14. The topological polar surface area (TPSA) is 69.5 Å². The van der Waals surface area contributed by atoms with Gasteiger partial charge in [-0.3, -0.25) is 4.79 Å². The van der Waals surface area contributed by atoms with E-state index in [1.54, 1.807) is 30.3 Å². The van der Waals surface area contributed by atoms with Crippen LogP contribution >= 0.6 is 22.9 Å². The van der Waals surface area contributed by atoms with Crippen molar-refractivity contribution in [3.05, 3.63) is 86.8 Å². The number of aromatic amines is 1. The van der Waals surface area contributed by atoms with Gasteiger partial charge < -0.3 is 4.98 Å². The van der Waals surface area contributed by atoms with Crippen molar-refractivity contribution in [3.8, 4) is 17.2 Å². The van der Waals surface area contributed by atoms with Gasteiger partial charge in [0.25, 0.3) is 5.56 Å². The molecule has 0 aliphatic heterocycles. The second-order valence-corrected chi connectivity index (χ2v) is 7.60. The molecule has 0 saturated heterocycles. The Balaban J connectivity index is 1.75. The van der Waals surface area contributed by atoms with Crippen molar-refractivity contribution in [2.24, 2.45) is 0 Å². The van der Waals surface area contributed by atoms with Gasteiger partial charge in [-0.05, 0) is 36.3 Å². The SMILES string of the molecule is Cc1ccc(-c2csc3nc(/C(Cl)=C/c4ccc(C#N)cc4)[nH]c(=O)c23)cc1. The van der Waals surface area contributed by atoms with Crippen molar-refractivity contribution in [1.29, 1.82) is 5.26 Å². The number of hydrogen-bond donors (Lipinski definition) is 1. The van der Waals surface area contributed by atoms with E-state index in [-0.39, 0.29) is 5.56 Å². The van der Waals surface area contributed by atoms with Crippen molar-refractivity contribution in [2.45, 2.75) is 6.92 Å². The molecule has 6 heteroatoms. The summed E-state index contributed by atoms with van der Waals surface area (Å²) in [7, 11) is 0. The molecule has 4 aromatic rings. The summed E-state index contributed by atoms with van der Waals surface area (Å²) in [6.45, 7) is 2.03. The zero-order valence-electron chi connectivity index (χ0n) is 14.9. The minimum atomic E-state index is -0.219. The van der Waals surface area contributed by atoms with Gasteiger partial charge in [0.2, 0.25) is 0 Å². The highest BCUT2D eigenvalue weighted by atomic mass is 35.5. The fraction of sp³-hybridized carbons (Fsp3) is 0.0455. The molecule has 0 amide bonds. The maximum absolute atomic E-state index is 12.8. The maximum Gasteiger partial charge on any atom is 0.260 e. The first-order valence-electron chi connectivity index (χ1n) is 8.51. The normalized spacial score (nSPS) is 11.5. The van der Waals surface area contributed by atoms with Gasteiger partial charge >= 0.3 is 0 Å². The number of thiophene rings is 1. The molecule has 4 nitrogen and oxygen atoms in total. The van der Waals surface area contributed by atoms with Crippen LogP contribution in [0.3, 0.4) is 0 Å². The van der Waals surface area contributed by atoms with Crippen molar-refractivity contribution < 1.29 is 0 Å². The van der Waals surface area contributed by atoms with Crippen molar-refractivity contribution in [2.75, 3.05) is 0 Å². The Morgan fingerprint density at radius 1 is 1.18 bits per heavy atom. The van der Waals surface area contributed by atoms with E-state index in [4.69, 9.17) is 16.9 Å². The van der Waals surface area contributed by atoms with Gasteiger partial charge in [0.15, 0.2) is 5.82 Å². The fourth-order valence-corrected chi connectivity index (χ4v) is 4.04. The average molecular weight is 404 g/mol. The Bertz CT molecular complexity index is 1290. The van der Waals surface area contributed by atoms with Crippen LogP contribution in [0.2, 0.25) is 0 Å². The largest absolute Gasteiger partial charge is 0.305 e. The smallest absolute Gasteiger partial charge is 0.260 e. The number of benzene rings is 2. The fourth-order valence-electron chi connectivity index (χ4n) is 2.88. The molecular formula is C22H14ClN3OS. The van der Waals surface area contributed by atoms with E-state index in [0.29, 0.717) is 26.6 Å². The Morgan fingerprint density at radius 2 is 1.89 bits per heavy atom. The first kappa shape index (κ1) is 18.2. The number of rotatable bonds is 3. The van der Waals surface area contributed by atoms with E-state index in [9.17, 15) is 4.79 Å². The third kappa shape index (κ3) is 3.48. The summed E-state index contributed by atoms with van der Waals surface area (Å²) in [6, 6.07) is 17.1. The second kappa shape index (κ2) is 7.43. The molecule has 1 N–H and O–H groups in total. The number of nitrogens with one attached hydrogen (secondary N) is 1. The highest BCUT2D eigenvalue weighted by Crippen LogP contribution is 2.31. The summed E-state index contributed by atoms with van der Waals surface area (Å²) in [5.41, 5.74) is 4.19. The van der Waals surface area contributed by atoms with Gasteiger partial charge in [-0.2, -0.15) is 5.26 Å². The summed E-state index contributed by atoms with van der Waals surface area (Å²) >= 11 is 7.81. The van der Waals surface area contributed by atoms with Crippen LogP contribution in [-0.2, 0) is 0 Å². The predicted molar refractivity (Wildman–Crippen MR) is 115 cm³/mol. The molecule has 4 rings (SSSR count). The molecule has 0 bridgehead atoms. The molecule has 0 spiro atoms. The number of hydrogen-bond acceptors (Lipinski definition) is 4. The predicted octanol–water partition coefficient (Wildman–Crippen LogP) is 5.57. The number of fused-ring (bicyclic) bond motifs is 1. The summed E-state index contributed by atoms with van der Waals surface area (Å²) in [6.07, 6.45) is 1.71. The van der Waals surface area contributed by atoms with Crippen molar-refractivity contribution >= 4 is 44.3 Å². The molecule has 2 heterocycles. The maximum atomic E-state index is 12.8. The molecule has 28 heavy (non-hydrogen) atoms. The van der Waals surface area contributed by atoms with Gasteiger partial charge in [0.1, 0.15) is 4.83 Å². The van der Waals surface area contributed by atoms with Crippen LogP contribution in [0.5, 0.6) is 0 Å². The molecule has 0 atom stereocenters. The van der Waals surface area contributed by atoms with E-state index in [1.165, 1.54) is 11.3 Å². The molecule has 0 aliphatic carbocycles. The Labute approximate surface area is 170 Å². The number of aryl methyl sites for hydroxylation is 1. The van der Waals surface area contributed by atoms with Crippen LogP contribution in [0.4, 0.5) is 0 Å². The third-order valence-electron chi connectivity index (χ3n) is 4.37. The lowest BCUT2D eigenvalue weighted by molar-refractivity contribution is 1.14. The molecule has 0 unspecified atom stereocenters. The first-order valence-corrected chi connectivity index (χ1v) is 9.77. The molecule has 2 aromatic carbocycles. The number of halogens is 1. The van der Waals surface area contributed by atoms with Gasteiger partial charge in [-0.1, -0.05) is 53.6 Å². The second-order valence-electron chi connectivity index (χ2n) is 6.34. The van der Waals surface area contributed by atoms with Crippen LogP contribution in [0.25, 0.3) is 32.5 Å². The van der Waals surface area contributed by atoms with E-state index < -0.39 is 0 Å². The van der Waals surface area contributed by atoms with Crippen molar-refractivity contribution in [3.63, 3.8) is 0 Å². The van der Waals surface area contributed by atoms with Crippen LogP contribution in [0, 0.1) is 18.3 Å².